The van der Waals surface area contributed by atoms with E-state index in [1.54, 1.807) is 0 Å². The molecule has 1 aliphatic rings. The second-order valence-corrected chi connectivity index (χ2v) is 4.63. The molecule has 1 aliphatic heterocycles. The molecule has 90 valence electrons. The largest absolute Gasteiger partial charge is 0.391 e. The predicted molar refractivity (Wildman–Crippen MR) is 65.9 cm³/mol. The molecule has 0 spiro atoms. The van der Waals surface area contributed by atoms with Crippen LogP contribution in [-0.2, 0) is 0 Å². The van der Waals surface area contributed by atoms with E-state index in [4.69, 9.17) is 0 Å². The molecule has 0 radical (unpaired) electrons. The number of aryl methyl sites for hydroxylation is 2. The van der Waals surface area contributed by atoms with Gasteiger partial charge in [-0.05, 0) is 38.3 Å². The number of hydrogen-bond acceptors (Lipinski definition) is 4. The standard InChI is InChI=1S/C13H17N3O/c1-9-6-10(2)15-13(12(9)7-14)16-5-3-4-11(17)8-16/h6,11,17H,3-5,8H2,1-2H3. The number of aliphatic hydroxyl groups is 1. The normalized spacial score (nSPS) is 20.1. The molecule has 4 heteroatoms. The number of hydrogen-bond donors (Lipinski definition) is 1. The number of aromatic nitrogens is 1. The van der Waals surface area contributed by atoms with E-state index in [1.807, 2.05) is 24.8 Å². The summed E-state index contributed by atoms with van der Waals surface area (Å²) in [6.07, 6.45) is 1.47. The van der Waals surface area contributed by atoms with E-state index in [0.717, 1.165) is 36.5 Å². The van der Waals surface area contributed by atoms with Gasteiger partial charge >= 0.3 is 0 Å². The summed E-state index contributed by atoms with van der Waals surface area (Å²) in [4.78, 5) is 6.48. The summed E-state index contributed by atoms with van der Waals surface area (Å²) in [5, 5.41) is 18.9. The lowest BCUT2D eigenvalue weighted by Gasteiger charge is -2.32. The van der Waals surface area contributed by atoms with Crippen LogP contribution in [0.1, 0.15) is 29.7 Å². The van der Waals surface area contributed by atoms with Gasteiger partial charge in [-0.2, -0.15) is 5.26 Å². The number of nitrogens with zero attached hydrogens (tertiary/aromatic N) is 3. The topological polar surface area (TPSA) is 60.2 Å². The lowest BCUT2D eigenvalue weighted by molar-refractivity contribution is 0.154. The summed E-state index contributed by atoms with van der Waals surface area (Å²) in [5.74, 6) is 0.726. The average Bonchev–Trinajstić information content (AvgIpc) is 2.28. The number of piperidine rings is 1. The molecule has 1 aromatic rings. The minimum atomic E-state index is -0.307. The monoisotopic (exact) mass is 231 g/mol. The molecule has 1 atom stereocenters. The highest BCUT2D eigenvalue weighted by Gasteiger charge is 2.22. The molecule has 4 nitrogen and oxygen atoms in total. The molecular formula is C13H17N3O. The second kappa shape index (κ2) is 4.72. The van der Waals surface area contributed by atoms with Gasteiger partial charge in [-0.3, -0.25) is 0 Å². The summed E-state index contributed by atoms with van der Waals surface area (Å²) >= 11 is 0. The highest BCUT2D eigenvalue weighted by molar-refractivity contribution is 5.58. The van der Waals surface area contributed by atoms with Gasteiger partial charge in [0.2, 0.25) is 0 Å². The van der Waals surface area contributed by atoms with Crippen molar-refractivity contribution in [2.24, 2.45) is 0 Å². The van der Waals surface area contributed by atoms with Crippen LogP contribution in [0.25, 0.3) is 0 Å². The summed E-state index contributed by atoms with van der Waals surface area (Å²) in [6, 6.07) is 4.14. The average molecular weight is 231 g/mol. The van der Waals surface area contributed by atoms with Crippen molar-refractivity contribution in [3.05, 3.63) is 22.9 Å². The molecule has 2 heterocycles. The SMILES string of the molecule is Cc1cc(C)c(C#N)c(N2CCCC(O)C2)n1. The van der Waals surface area contributed by atoms with E-state index in [9.17, 15) is 10.4 Å². The number of rotatable bonds is 1. The Hall–Kier alpha value is -1.60. The molecular weight excluding hydrogens is 214 g/mol. The summed E-state index contributed by atoms with van der Waals surface area (Å²) < 4.78 is 0. The third-order valence-electron chi connectivity index (χ3n) is 3.13. The van der Waals surface area contributed by atoms with Crippen LogP contribution in [0.5, 0.6) is 0 Å². The highest BCUT2D eigenvalue weighted by Crippen LogP contribution is 2.24. The Bertz CT molecular complexity index is 464. The molecule has 0 aliphatic carbocycles. The van der Waals surface area contributed by atoms with Gasteiger partial charge in [0.25, 0.3) is 0 Å². The fourth-order valence-electron chi connectivity index (χ4n) is 2.33. The van der Waals surface area contributed by atoms with Gasteiger partial charge in [0, 0.05) is 18.8 Å². The van der Waals surface area contributed by atoms with Crippen molar-refractivity contribution in [1.82, 2.24) is 4.98 Å². The highest BCUT2D eigenvalue weighted by atomic mass is 16.3. The first-order valence-electron chi connectivity index (χ1n) is 5.93. The smallest absolute Gasteiger partial charge is 0.147 e. The van der Waals surface area contributed by atoms with Crippen LogP contribution >= 0.6 is 0 Å². The van der Waals surface area contributed by atoms with Gasteiger partial charge in [-0.25, -0.2) is 4.98 Å². The maximum absolute atomic E-state index is 9.69. The Morgan fingerprint density at radius 3 is 2.94 bits per heavy atom. The minimum Gasteiger partial charge on any atom is -0.391 e. The maximum Gasteiger partial charge on any atom is 0.147 e. The molecule has 0 amide bonds. The molecule has 17 heavy (non-hydrogen) atoms. The van der Waals surface area contributed by atoms with Crippen LogP contribution in [0.2, 0.25) is 0 Å². The van der Waals surface area contributed by atoms with E-state index in [-0.39, 0.29) is 6.10 Å². The molecule has 0 aromatic carbocycles. The van der Waals surface area contributed by atoms with Crippen molar-refractivity contribution < 1.29 is 5.11 Å². The van der Waals surface area contributed by atoms with Gasteiger partial charge in [0.1, 0.15) is 11.9 Å². The van der Waals surface area contributed by atoms with Crippen LogP contribution in [0, 0.1) is 25.2 Å². The minimum absolute atomic E-state index is 0.307. The van der Waals surface area contributed by atoms with Crippen molar-refractivity contribution in [2.45, 2.75) is 32.8 Å². The first-order valence-corrected chi connectivity index (χ1v) is 5.93. The van der Waals surface area contributed by atoms with Crippen LogP contribution in [0.15, 0.2) is 6.07 Å². The quantitative estimate of drug-likeness (QED) is 0.796. The number of pyridine rings is 1. The maximum atomic E-state index is 9.69. The van der Waals surface area contributed by atoms with Crippen molar-refractivity contribution >= 4 is 5.82 Å². The van der Waals surface area contributed by atoms with Crippen LogP contribution in [0.4, 0.5) is 5.82 Å². The zero-order chi connectivity index (χ0) is 12.4. The number of β-amino-alcohol motifs (C(OH)–C–C–N with tert-alkyl or cyclic N) is 1. The third kappa shape index (κ3) is 2.40. The number of anilines is 1. The van der Waals surface area contributed by atoms with Crippen LogP contribution < -0.4 is 4.90 Å². The fourth-order valence-corrected chi connectivity index (χ4v) is 2.33. The van der Waals surface area contributed by atoms with E-state index in [0.29, 0.717) is 12.1 Å². The summed E-state index contributed by atoms with van der Waals surface area (Å²) in [7, 11) is 0. The molecule has 1 saturated heterocycles. The Morgan fingerprint density at radius 1 is 1.53 bits per heavy atom. The molecule has 0 bridgehead atoms. The Morgan fingerprint density at radius 2 is 2.29 bits per heavy atom. The van der Waals surface area contributed by atoms with E-state index in [1.165, 1.54) is 0 Å². The van der Waals surface area contributed by atoms with Gasteiger partial charge in [0.15, 0.2) is 0 Å². The first-order chi connectivity index (χ1) is 8.11. The van der Waals surface area contributed by atoms with Gasteiger partial charge in [-0.15, -0.1) is 0 Å². The van der Waals surface area contributed by atoms with Crippen LogP contribution in [0.3, 0.4) is 0 Å². The lowest BCUT2D eigenvalue weighted by Crippen LogP contribution is -2.39. The third-order valence-corrected chi connectivity index (χ3v) is 3.13. The van der Waals surface area contributed by atoms with Crippen molar-refractivity contribution in [2.75, 3.05) is 18.0 Å². The van der Waals surface area contributed by atoms with Crippen molar-refractivity contribution in [3.8, 4) is 6.07 Å². The van der Waals surface area contributed by atoms with Gasteiger partial charge < -0.3 is 10.0 Å². The predicted octanol–water partition coefficient (Wildman–Crippen LogP) is 1.53. The zero-order valence-electron chi connectivity index (χ0n) is 10.3. The van der Waals surface area contributed by atoms with Crippen molar-refractivity contribution in [3.63, 3.8) is 0 Å². The summed E-state index contributed by atoms with van der Waals surface area (Å²) in [6.45, 7) is 5.29. The fraction of sp³-hybridized carbons (Fsp3) is 0.538. The zero-order valence-corrected chi connectivity index (χ0v) is 10.3. The Kier molecular flexibility index (Phi) is 3.30. The molecule has 2 rings (SSSR count). The summed E-state index contributed by atoms with van der Waals surface area (Å²) in [5.41, 5.74) is 2.50. The molecule has 1 N–H and O–H groups in total. The second-order valence-electron chi connectivity index (χ2n) is 4.63. The number of aliphatic hydroxyl groups excluding tert-OH is 1. The lowest BCUT2D eigenvalue weighted by atomic mass is 10.1. The van der Waals surface area contributed by atoms with Gasteiger partial charge in [-0.1, -0.05) is 0 Å². The molecule has 0 saturated carbocycles. The molecule has 1 aromatic heterocycles. The molecule has 1 unspecified atom stereocenters. The number of nitriles is 1. The van der Waals surface area contributed by atoms with Crippen LogP contribution in [-0.4, -0.2) is 29.3 Å². The van der Waals surface area contributed by atoms with Gasteiger partial charge in [0.05, 0.1) is 11.7 Å². The molecule has 1 fully saturated rings. The van der Waals surface area contributed by atoms with E-state index < -0.39 is 0 Å². The van der Waals surface area contributed by atoms with Crippen molar-refractivity contribution in [1.29, 1.82) is 5.26 Å². The Balaban J connectivity index is 2.40. The van der Waals surface area contributed by atoms with E-state index in [2.05, 4.69) is 11.1 Å². The van der Waals surface area contributed by atoms with E-state index >= 15 is 0 Å². The first kappa shape index (κ1) is 11.9. The Labute approximate surface area is 102 Å².